The minimum atomic E-state index is 0. The highest BCUT2D eigenvalue weighted by molar-refractivity contribution is 14.0. The van der Waals surface area contributed by atoms with Gasteiger partial charge in [-0.3, -0.25) is 4.99 Å². The van der Waals surface area contributed by atoms with Crippen LogP contribution < -0.4 is 10.6 Å². The highest BCUT2D eigenvalue weighted by atomic mass is 127. The second-order valence-electron chi connectivity index (χ2n) is 6.43. The van der Waals surface area contributed by atoms with E-state index in [1.165, 1.54) is 6.42 Å². The van der Waals surface area contributed by atoms with Gasteiger partial charge in [0, 0.05) is 32.2 Å². The number of nitrogens with zero attached hydrogens (tertiary/aromatic N) is 1. The van der Waals surface area contributed by atoms with Crippen LogP contribution in [0.5, 0.6) is 0 Å². The van der Waals surface area contributed by atoms with Crippen LogP contribution in [0.3, 0.4) is 0 Å². The topological polar surface area (TPSA) is 65.9 Å². The Labute approximate surface area is 146 Å². The smallest absolute Gasteiger partial charge is 0.191 e. The summed E-state index contributed by atoms with van der Waals surface area (Å²) in [6.45, 7) is 11.8. The summed E-state index contributed by atoms with van der Waals surface area (Å²) in [4.78, 5) is 4.64. The van der Waals surface area contributed by atoms with Crippen molar-refractivity contribution in [2.45, 2.75) is 46.6 Å². The molecule has 1 aliphatic rings. The fourth-order valence-corrected chi connectivity index (χ4v) is 2.71. The molecule has 0 amide bonds. The molecular formula is C15H32IN3O2. The molecule has 1 fully saturated rings. The van der Waals surface area contributed by atoms with Gasteiger partial charge < -0.3 is 20.5 Å². The highest BCUT2D eigenvalue weighted by Crippen LogP contribution is 2.34. The Bertz CT molecular complexity index is 306. The van der Waals surface area contributed by atoms with Crippen LogP contribution in [0, 0.1) is 11.3 Å². The van der Waals surface area contributed by atoms with E-state index >= 15 is 0 Å². The number of aliphatic imine (C=N–C) groups is 1. The number of rotatable bonds is 5. The number of guanidine groups is 1. The summed E-state index contributed by atoms with van der Waals surface area (Å²) < 4.78 is 5.98. The quantitative estimate of drug-likeness (QED) is 0.367. The second kappa shape index (κ2) is 10.6. The van der Waals surface area contributed by atoms with Gasteiger partial charge in [0.1, 0.15) is 0 Å². The van der Waals surface area contributed by atoms with E-state index in [9.17, 15) is 0 Å². The zero-order valence-corrected chi connectivity index (χ0v) is 16.1. The van der Waals surface area contributed by atoms with Gasteiger partial charge >= 0.3 is 0 Å². The predicted octanol–water partition coefficient (Wildman–Crippen LogP) is 1.99. The number of nitrogens with one attached hydrogen (secondary N) is 2. The van der Waals surface area contributed by atoms with Gasteiger partial charge in [-0.15, -0.1) is 24.0 Å². The monoisotopic (exact) mass is 413 g/mol. The second-order valence-corrected chi connectivity index (χ2v) is 6.43. The summed E-state index contributed by atoms with van der Waals surface area (Å²) in [6.07, 6.45) is 2.55. The molecule has 0 aromatic heterocycles. The normalized spacial score (nSPS) is 23.4. The first-order valence-electron chi connectivity index (χ1n) is 7.73. The molecule has 2 unspecified atom stereocenters. The molecule has 1 saturated heterocycles. The number of ether oxygens (including phenoxy) is 1. The van der Waals surface area contributed by atoms with Crippen molar-refractivity contribution in [3.05, 3.63) is 0 Å². The molecule has 0 radical (unpaired) electrons. The molecule has 1 rings (SSSR count). The molecule has 0 bridgehead atoms. The average Bonchev–Trinajstić information content (AvgIpc) is 2.41. The molecule has 2 atom stereocenters. The number of aliphatic hydroxyl groups is 1. The van der Waals surface area contributed by atoms with Crippen LogP contribution in [0.2, 0.25) is 0 Å². The van der Waals surface area contributed by atoms with Crippen LogP contribution in [0.1, 0.15) is 40.5 Å². The third kappa shape index (κ3) is 7.65. The first-order chi connectivity index (χ1) is 9.49. The van der Waals surface area contributed by atoms with Crippen molar-refractivity contribution in [3.63, 3.8) is 0 Å². The van der Waals surface area contributed by atoms with E-state index in [0.29, 0.717) is 12.5 Å². The molecule has 126 valence electrons. The van der Waals surface area contributed by atoms with Crippen LogP contribution in [0.25, 0.3) is 0 Å². The Morgan fingerprint density at radius 2 is 2.05 bits per heavy atom. The van der Waals surface area contributed by atoms with Crippen LogP contribution in [-0.2, 0) is 4.74 Å². The number of halogens is 1. The Kier molecular flexibility index (Phi) is 10.6. The van der Waals surface area contributed by atoms with Crippen molar-refractivity contribution < 1.29 is 9.84 Å². The van der Waals surface area contributed by atoms with E-state index in [-0.39, 0.29) is 42.1 Å². The molecule has 0 aromatic rings. The number of hydrogen-bond donors (Lipinski definition) is 3. The van der Waals surface area contributed by atoms with Gasteiger partial charge in [0.2, 0.25) is 0 Å². The lowest BCUT2D eigenvalue weighted by Gasteiger charge is -2.39. The predicted molar refractivity (Wildman–Crippen MR) is 98.4 cm³/mol. The summed E-state index contributed by atoms with van der Waals surface area (Å²) in [5.41, 5.74) is 0.150. The van der Waals surface area contributed by atoms with E-state index in [4.69, 9.17) is 9.84 Å². The van der Waals surface area contributed by atoms with Crippen LogP contribution in [0.15, 0.2) is 4.99 Å². The molecule has 0 saturated carbocycles. The lowest BCUT2D eigenvalue weighted by Crippen LogP contribution is -2.43. The molecule has 5 nitrogen and oxygen atoms in total. The molecule has 0 aromatic carbocycles. The Hall–Kier alpha value is -0.0800. The van der Waals surface area contributed by atoms with E-state index < -0.39 is 0 Å². The third-order valence-corrected chi connectivity index (χ3v) is 3.53. The van der Waals surface area contributed by atoms with Crippen molar-refractivity contribution in [3.8, 4) is 0 Å². The summed E-state index contributed by atoms with van der Waals surface area (Å²) in [7, 11) is 0. The van der Waals surface area contributed by atoms with Crippen LogP contribution in [0.4, 0.5) is 0 Å². The lowest BCUT2D eigenvalue weighted by molar-refractivity contribution is -0.0823. The molecule has 0 spiro atoms. The summed E-state index contributed by atoms with van der Waals surface area (Å²) in [5.74, 6) is 1.24. The van der Waals surface area contributed by atoms with Crippen molar-refractivity contribution in [2.75, 3.05) is 32.8 Å². The van der Waals surface area contributed by atoms with Crippen molar-refractivity contribution in [1.29, 1.82) is 0 Å². The molecule has 6 heteroatoms. The Morgan fingerprint density at radius 1 is 1.33 bits per heavy atom. The summed E-state index contributed by atoms with van der Waals surface area (Å²) >= 11 is 0. The van der Waals surface area contributed by atoms with Gasteiger partial charge in [-0.2, -0.15) is 0 Å². The van der Waals surface area contributed by atoms with Crippen molar-refractivity contribution in [2.24, 2.45) is 16.3 Å². The molecule has 3 N–H and O–H groups in total. The van der Waals surface area contributed by atoms with Gasteiger partial charge in [-0.05, 0) is 25.2 Å². The van der Waals surface area contributed by atoms with Gasteiger partial charge in [0.15, 0.2) is 5.96 Å². The first-order valence-corrected chi connectivity index (χ1v) is 7.73. The average molecular weight is 413 g/mol. The zero-order chi connectivity index (χ0) is 15.0. The largest absolute Gasteiger partial charge is 0.395 e. The minimum Gasteiger partial charge on any atom is -0.395 e. The summed E-state index contributed by atoms with van der Waals surface area (Å²) in [6, 6.07) is 0. The van der Waals surface area contributed by atoms with E-state index in [2.05, 4.69) is 36.4 Å². The number of hydrogen-bond acceptors (Lipinski definition) is 3. The fraction of sp³-hybridized carbons (Fsp3) is 0.933. The van der Waals surface area contributed by atoms with E-state index in [0.717, 1.165) is 32.1 Å². The zero-order valence-electron chi connectivity index (χ0n) is 13.8. The number of aliphatic hydroxyl groups excluding tert-OH is 1. The first kappa shape index (κ1) is 20.9. The SMILES string of the molecule is CCNC(=NCC1CCCOC1C(C)(C)C)NCCO.I. The third-order valence-electron chi connectivity index (χ3n) is 3.53. The maximum Gasteiger partial charge on any atom is 0.191 e. The summed E-state index contributed by atoms with van der Waals surface area (Å²) in [5, 5.41) is 15.2. The maximum atomic E-state index is 8.88. The maximum absolute atomic E-state index is 8.88. The van der Waals surface area contributed by atoms with Crippen LogP contribution >= 0.6 is 24.0 Å². The lowest BCUT2D eigenvalue weighted by atomic mass is 9.78. The standard InChI is InChI=1S/C15H31N3O2.HI/c1-5-16-14(17-8-9-19)18-11-12-7-6-10-20-13(12)15(2,3)4;/h12-13,19H,5-11H2,1-4H3,(H2,16,17,18);1H. The van der Waals surface area contributed by atoms with Gasteiger partial charge in [-0.1, -0.05) is 20.8 Å². The van der Waals surface area contributed by atoms with Gasteiger partial charge in [0.05, 0.1) is 12.7 Å². The molecular weight excluding hydrogens is 381 g/mol. The van der Waals surface area contributed by atoms with Gasteiger partial charge in [0.25, 0.3) is 0 Å². The van der Waals surface area contributed by atoms with E-state index in [1.54, 1.807) is 0 Å². The van der Waals surface area contributed by atoms with Crippen molar-refractivity contribution in [1.82, 2.24) is 10.6 Å². The molecule has 1 aliphatic heterocycles. The Balaban J connectivity index is 0.00000400. The van der Waals surface area contributed by atoms with Crippen LogP contribution in [-0.4, -0.2) is 50.0 Å². The minimum absolute atomic E-state index is 0. The molecule has 1 heterocycles. The van der Waals surface area contributed by atoms with Crippen molar-refractivity contribution >= 4 is 29.9 Å². The fourth-order valence-electron chi connectivity index (χ4n) is 2.71. The molecule has 0 aliphatic carbocycles. The van der Waals surface area contributed by atoms with Gasteiger partial charge in [-0.25, -0.2) is 0 Å². The molecule has 21 heavy (non-hydrogen) atoms. The van der Waals surface area contributed by atoms with E-state index in [1.807, 2.05) is 6.92 Å². The Morgan fingerprint density at radius 3 is 2.62 bits per heavy atom. The highest BCUT2D eigenvalue weighted by Gasteiger charge is 2.35.